The Hall–Kier alpha value is -3.16. The number of carboxylic acid groups (broad SMARTS) is 1. The third-order valence-corrected chi connectivity index (χ3v) is 3.37. The fourth-order valence-corrected chi connectivity index (χ4v) is 2.31. The summed E-state index contributed by atoms with van der Waals surface area (Å²) in [5.74, 6) is -5.55. The maximum absolute atomic E-state index is 12.6. The van der Waals surface area contributed by atoms with Crippen molar-refractivity contribution in [2.75, 3.05) is 11.5 Å². The number of aliphatic carboxylic acids is 1. The number of esters is 2. The molecule has 0 aliphatic carbocycles. The Kier molecular flexibility index (Phi) is 4.68. The molecular formula is C16H15NO7. The highest BCUT2D eigenvalue weighted by molar-refractivity contribution is 6.30. The standard InChI is InChI=1S/C16H15NO7/c1-3-23-15(22)16(2)9-11(24-14(21)13(19)20)12(18)17(16)10-7-5-4-6-8-10/h4-9H,3H2,1-2H3,(H,19,20). The van der Waals surface area contributed by atoms with Crippen molar-refractivity contribution in [3.63, 3.8) is 0 Å². The van der Waals surface area contributed by atoms with Crippen LogP contribution in [0.2, 0.25) is 0 Å². The summed E-state index contributed by atoms with van der Waals surface area (Å²) >= 11 is 0. The lowest BCUT2D eigenvalue weighted by Gasteiger charge is -2.31. The summed E-state index contributed by atoms with van der Waals surface area (Å²) in [5, 5.41) is 8.62. The monoisotopic (exact) mass is 333 g/mol. The van der Waals surface area contributed by atoms with Gasteiger partial charge in [0.1, 0.15) is 0 Å². The van der Waals surface area contributed by atoms with E-state index in [9.17, 15) is 19.2 Å². The van der Waals surface area contributed by atoms with Gasteiger partial charge in [0.05, 0.1) is 6.61 Å². The first-order chi connectivity index (χ1) is 11.3. The Bertz CT molecular complexity index is 725. The third kappa shape index (κ3) is 2.98. The predicted octanol–water partition coefficient (Wildman–Crippen LogP) is 0.867. The molecular weight excluding hydrogens is 318 g/mol. The van der Waals surface area contributed by atoms with Gasteiger partial charge in [0, 0.05) is 11.8 Å². The van der Waals surface area contributed by atoms with Crippen LogP contribution in [0.1, 0.15) is 13.8 Å². The van der Waals surface area contributed by atoms with Crippen LogP contribution in [0.5, 0.6) is 0 Å². The van der Waals surface area contributed by atoms with E-state index in [0.717, 1.165) is 11.0 Å². The number of carbonyl (C=O) groups is 4. The van der Waals surface area contributed by atoms with Gasteiger partial charge < -0.3 is 14.6 Å². The van der Waals surface area contributed by atoms with E-state index in [1.54, 1.807) is 37.3 Å². The molecule has 8 nitrogen and oxygen atoms in total. The van der Waals surface area contributed by atoms with Crippen LogP contribution >= 0.6 is 0 Å². The molecule has 0 aromatic heterocycles. The van der Waals surface area contributed by atoms with Crippen LogP contribution in [0.4, 0.5) is 5.69 Å². The molecule has 1 heterocycles. The van der Waals surface area contributed by atoms with Gasteiger partial charge in [-0.05, 0) is 26.0 Å². The summed E-state index contributed by atoms with van der Waals surface area (Å²) in [6, 6.07) is 8.23. The lowest BCUT2D eigenvalue weighted by Crippen LogP contribution is -2.51. The molecule has 24 heavy (non-hydrogen) atoms. The van der Waals surface area contributed by atoms with E-state index in [2.05, 4.69) is 4.74 Å². The van der Waals surface area contributed by atoms with Gasteiger partial charge in [-0.2, -0.15) is 0 Å². The molecule has 1 aromatic carbocycles. The van der Waals surface area contributed by atoms with Crippen molar-refractivity contribution in [3.8, 4) is 0 Å². The maximum Gasteiger partial charge on any atom is 0.422 e. The molecule has 0 fully saturated rings. The molecule has 1 N–H and O–H groups in total. The zero-order valence-corrected chi connectivity index (χ0v) is 13.0. The topological polar surface area (TPSA) is 110 Å². The van der Waals surface area contributed by atoms with Gasteiger partial charge in [-0.3, -0.25) is 9.69 Å². The van der Waals surface area contributed by atoms with Gasteiger partial charge in [0.15, 0.2) is 11.3 Å². The average molecular weight is 333 g/mol. The summed E-state index contributed by atoms with van der Waals surface area (Å²) in [5.41, 5.74) is -1.20. The minimum Gasteiger partial charge on any atom is -0.473 e. The number of benzene rings is 1. The summed E-state index contributed by atoms with van der Waals surface area (Å²) in [7, 11) is 0. The number of hydrogen-bond donors (Lipinski definition) is 1. The van der Waals surface area contributed by atoms with E-state index in [-0.39, 0.29) is 6.61 Å². The lowest BCUT2D eigenvalue weighted by atomic mass is 10.0. The van der Waals surface area contributed by atoms with Crippen LogP contribution in [0.15, 0.2) is 42.2 Å². The number of hydrogen-bond acceptors (Lipinski definition) is 6. The summed E-state index contributed by atoms with van der Waals surface area (Å²) < 4.78 is 9.58. The fraction of sp³-hybridized carbons (Fsp3) is 0.250. The molecule has 1 atom stereocenters. The second kappa shape index (κ2) is 6.53. The fourth-order valence-electron chi connectivity index (χ4n) is 2.31. The Morgan fingerprint density at radius 1 is 1.21 bits per heavy atom. The number of carbonyl (C=O) groups excluding carboxylic acids is 3. The van der Waals surface area contributed by atoms with E-state index >= 15 is 0 Å². The second-order valence-electron chi connectivity index (χ2n) is 5.05. The average Bonchev–Trinajstić information content (AvgIpc) is 2.80. The summed E-state index contributed by atoms with van der Waals surface area (Å²) in [6.07, 6.45) is 1.08. The first kappa shape index (κ1) is 17.2. The largest absolute Gasteiger partial charge is 0.473 e. The number of para-hydroxylation sites is 1. The molecule has 0 spiro atoms. The van der Waals surface area contributed by atoms with E-state index < -0.39 is 35.1 Å². The molecule has 2 rings (SSSR count). The molecule has 126 valence electrons. The zero-order valence-electron chi connectivity index (χ0n) is 13.0. The van der Waals surface area contributed by atoms with Crippen molar-refractivity contribution < 1.29 is 33.8 Å². The maximum atomic E-state index is 12.6. The Balaban J connectivity index is 2.46. The van der Waals surface area contributed by atoms with Crippen molar-refractivity contribution in [3.05, 3.63) is 42.2 Å². The summed E-state index contributed by atoms with van der Waals surface area (Å²) in [6.45, 7) is 3.11. The molecule has 1 aliphatic heterocycles. The Morgan fingerprint density at radius 2 is 1.83 bits per heavy atom. The molecule has 1 unspecified atom stereocenters. The number of carboxylic acids is 1. The lowest BCUT2D eigenvalue weighted by molar-refractivity contribution is -0.161. The van der Waals surface area contributed by atoms with Crippen LogP contribution in [0.3, 0.4) is 0 Å². The second-order valence-corrected chi connectivity index (χ2v) is 5.05. The van der Waals surface area contributed by atoms with Gasteiger partial charge in [0.2, 0.25) is 0 Å². The van der Waals surface area contributed by atoms with E-state index in [0.29, 0.717) is 5.69 Å². The minimum atomic E-state index is -1.85. The van der Waals surface area contributed by atoms with Gasteiger partial charge in [0.25, 0.3) is 5.91 Å². The minimum absolute atomic E-state index is 0.0866. The van der Waals surface area contributed by atoms with Gasteiger partial charge >= 0.3 is 17.9 Å². The highest BCUT2D eigenvalue weighted by atomic mass is 16.6. The van der Waals surface area contributed by atoms with Crippen molar-refractivity contribution in [2.45, 2.75) is 19.4 Å². The molecule has 0 saturated heterocycles. The van der Waals surface area contributed by atoms with E-state index in [1.165, 1.54) is 6.92 Å². The molecule has 1 amide bonds. The normalized spacial score (nSPS) is 19.7. The first-order valence-corrected chi connectivity index (χ1v) is 7.06. The smallest absolute Gasteiger partial charge is 0.422 e. The Labute approximate surface area is 137 Å². The number of nitrogens with zero attached hydrogens (tertiary/aromatic N) is 1. The van der Waals surface area contributed by atoms with Crippen molar-refractivity contribution in [1.82, 2.24) is 0 Å². The van der Waals surface area contributed by atoms with Gasteiger partial charge in [-0.15, -0.1) is 0 Å². The number of anilines is 1. The first-order valence-electron chi connectivity index (χ1n) is 7.06. The van der Waals surface area contributed by atoms with Crippen LogP contribution < -0.4 is 4.90 Å². The number of amides is 1. The molecule has 1 aromatic rings. The predicted molar refractivity (Wildman–Crippen MR) is 80.8 cm³/mol. The highest BCUT2D eigenvalue weighted by Crippen LogP contribution is 2.35. The molecule has 0 radical (unpaired) electrons. The van der Waals surface area contributed by atoms with Crippen LogP contribution in [0.25, 0.3) is 0 Å². The highest BCUT2D eigenvalue weighted by Gasteiger charge is 2.51. The van der Waals surface area contributed by atoms with Crippen LogP contribution in [-0.2, 0) is 28.7 Å². The van der Waals surface area contributed by atoms with Crippen molar-refractivity contribution in [1.29, 1.82) is 0 Å². The number of ether oxygens (including phenoxy) is 2. The van der Waals surface area contributed by atoms with Crippen molar-refractivity contribution >= 4 is 29.5 Å². The van der Waals surface area contributed by atoms with Crippen LogP contribution in [-0.4, -0.2) is 41.1 Å². The molecule has 8 heteroatoms. The third-order valence-electron chi connectivity index (χ3n) is 3.37. The van der Waals surface area contributed by atoms with Gasteiger partial charge in [-0.1, -0.05) is 18.2 Å². The molecule has 0 saturated carbocycles. The van der Waals surface area contributed by atoms with E-state index in [4.69, 9.17) is 9.84 Å². The van der Waals surface area contributed by atoms with E-state index in [1.807, 2.05) is 0 Å². The SMILES string of the molecule is CCOC(=O)C1(C)C=C(OC(=O)C(=O)O)C(=O)N1c1ccccc1. The summed E-state index contributed by atoms with van der Waals surface area (Å²) in [4.78, 5) is 47.9. The zero-order chi connectivity index (χ0) is 17.9. The number of rotatable bonds is 4. The molecule has 1 aliphatic rings. The quantitative estimate of drug-likeness (QED) is 0.643. The van der Waals surface area contributed by atoms with Gasteiger partial charge in [-0.25, -0.2) is 14.4 Å². The molecule has 0 bridgehead atoms. The van der Waals surface area contributed by atoms with Crippen LogP contribution in [0, 0.1) is 0 Å². The van der Waals surface area contributed by atoms with Crippen molar-refractivity contribution in [2.24, 2.45) is 0 Å². The Morgan fingerprint density at radius 3 is 2.38 bits per heavy atom.